The van der Waals surface area contributed by atoms with Crippen LogP contribution in [0.4, 0.5) is 0 Å². The van der Waals surface area contributed by atoms with Crippen molar-refractivity contribution in [3.05, 3.63) is 52.6 Å². The molecule has 0 bridgehead atoms. The summed E-state index contributed by atoms with van der Waals surface area (Å²) in [5.74, 6) is 0. The molecule has 0 aromatic heterocycles. The number of hydrogen-bond acceptors (Lipinski definition) is 1. The molecule has 1 aromatic rings. The Morgan fingerprint density at radius 1 is 1.00 bits per heavy atom. The number of benzene rings is 1. The molecular formula is C18H24O. The second kappa shape index (κ2) is 6.01. The Balaban J connectivity index is 0.000000861. The third-order valence-corrected chi connectivity index (χ3v) is 3.64. The number of hydrogen-bond donors (Lipinski definition) is 0. The van der Waals surface area contributed by atoms with Crippen LogP contribution in [0.15, 0.2) is 41.5 Å². The van der Waals surface area contributed by atoms with Crippen molar-refractivity contribution in [1.82, 2.24) is 0 Å². The normalized spacial score (nSPS) is 14.9. The first-order valence-corrected chi connectivity index (χ1v) is 6.64. The molecule has 1 aliphatic carbocycles. The van der Waals surface area contributed by atoms with Gasteiger partial charge in [0.2, 0.25) is 0 Å². The van der Waals surface area contributed by atoms with Crippen LogP contribution in [-0.4, -0.2) is 6.79 Å². The van der Waals surface area contributed by atoms with Gasteiger partial charge < -0.3 is 4.79 Å². The first-order valence-electron chi connectivity index (χ1n) is 6.64. The molecule has 102 valence electrons. The van der Waals surface area contributed by atoms with Crippen LogP contribution >= 0.6 is 0 Å². The Labute approximate surface area is 117 Å². The lowest BCUT2D eigenvalue weighted by atomic mass is 9.86. The second-order valence-corrected chi connectivity index (χ2v) is 6.14. The van der Waals surface area contributed by atoms with E-state index in [0.29, 0.717) is 0 Å². The zero-order valence-electron chi connectivity index (χ0n) is 12.7. The van der Waals surface area contributed by atoms with E-state index in [9.17, 15) is 0 Å². The summed E-state index contributed by atoms with van der Waals surface area (Å²) < 4.78 is 0. The molecule has 0 radical (unpaired) electrons. The minimum Gasteiger partial charge on any atom is -0.307 e. The molecule has 1 aromatic carbocycles. The quantitative estimate of drug-likeness (QED) is 0.696. The van der Waals surface area contributed by atoms with Gasteiger partial charge in [-0.2, -0.15) is 0 Å². The van der Waals surface area contributed by atoms with Crippen molar-refractivity contribution in [3.8, 4) is 0 Å². The lowest BCUT2D eigenvalue weighted by Gasteiger charge is -2.19. The van der Waals surface area contributed by atoms with Crippen LogP contribution in [0.5, 0.6) is 0 Å². The minimum absolute atomic E-state index is 0.243. The van der Waals surface area contributed by atoms with Crippen molar-refractivity contribution in [1.29, 1.82) is 0 Å². The van der Waals surface area contributed by atoms with E-state index in [2.05, 4.69) is 65.0 Å². The third kappa shape index (κ3) is 3.66. The summed E-state index contributed by atoms with van der Waals surface area (Å²) in [7, 11) is 0. The average molecular weight is 256 g/mol. The largest absolute Gasteiger partial charge is 0.307 e. The first kappa shape index (κ1) is 15.4. The standard InChI is InChI=1S/C17H22.CH2O/c1-12-10-15(11-13(12)2)14-6-8-16(9-7-14)17(3,4)5;1-2/h6-10H,11H2,1-5H3;1H2. The molecule has 1 nitrogen and oxygen atoms in total. The molecule has 0 fully saturated rings. The van der Waals surface area contributed by atoms with Crippen LogP contribution in [0.1, 0.15) is 52.2 Å². The molecule has 0 unspecified atom stereocenters. The summed E-state index contributed by atoms with van der Waals surface area (Å²) in [6.07, 6.45) is 3.43. The van der Waals surface area contributed by atoms with Crippen molar-refractivity contribution >= 4 is 12.4 Å². The highest BCUT2D eigenvalue weighted by Gasteiger charge is 2.15. The van der Waals surface area contributed by atoms with E-state index in [1.807, 2.05) is 6.79 Å². The van der Waals surface area contributed by atoms with Gasteiger partial charge in [0.05, 0.1) is 0 Å². The zero-order valence-corrected chi connectivity index (χ0v) is 12.7. The SMILES string of the molecule is C=O.CC1=C(C)CC(c2ccc(C(C)(C)C)cc2)=C1. The van der Waals surface area contributed by atoms with Crippen LogP contribution in [-0.2, 0) is 10.2 Å². The molecule has 0 atom stereocenters. The van der Waals surface area contributed by atoms with Gasteiger partial charge in [0.1, 0.15) is 6.79 Å². The van der Waals surface area contributed by atoms with Gasteiger partial charge in [0.25, 0.3) is 0 Å². The highest BCUT2D eigenvalue weighted by atomic mass is 16.1. The van der Waals surface area contributed by atoms with Gasteiger partial charge in [-0.3, -0.25) is 0 Å². The molecule has 0 saturated heterocycles. The van der Waals surface area contributed by atoms with Gasteiger partial charge >= 0.3 is 0 Å². The Morgan fingerprint density at radius 3 is 1.89 bits per heavy atom. The van der Waals surface area contributed by atoms with Crippen LogP contribution in [0, 0.1) is 0 Å². The predicted octanol–water partition coefficient (Wildman–Crippen LogP) is 4.92. The molecular weight excluding hydrogens is 232 g/mol. The summed E-state index contributed by atoms with van der Waals surface area (Å²) in [5, 5.41) is 0. The van der Waals surface area contributed by atoms with Gasteiger partial charge in [-0.1, -0.05) is 62.3 Å². The van der Waals surface area contributed by atoms with E-state index < -0.39 is 0 Å². The van der Waals surface area contributed by atoms with Crippen molar-refractivity contribution < 1.29 is 4.79 Å². The molecule has 1 heteroatoms. The second-order valence-electron chi connectivity index (χ2n) is 6.14. The van der Waals surface area contributed by atoms with E-state index in [-0.39, 0.29) is 5.41 Å². The molecule has 0 saturated carbocycles. The van der Waals surface area contributed by atoms with E-state index in [1.165, 1.54) is 27.8 Å². The molecule has 0 N–H and O–H groups in total. The average Bonchev–Trinajstić information content (AvgIpc) is 2.71. The van der Waals surface area contributed by atoms with Crippen molar-refractivity contribution in [2.24, 2.45) is 0 Å². The number of rotatable bonds is 1. The smallest absolute Gasteiger partial charge is 0.106 e. The van der Waals surface area contributed by atoms with Gasteiger partial charge in [-0.05, 0) is 42.4 Å². The molecule has 0 aliphatic heterocycles. The highest BCUT2D eigenvalue weighted by Crippen LogP contribution is 2.33. The highest BCUT2D eigenvalue weighted by molar-refractivity contribution is 5.74. The Hall–Kier alpha value is -1.63. The summed E-state index contributed by atoms with van der Waals surface area (Å²) in [4.78, 5) is 8.00. The van der Waals surface area contributed by atoms with Gasteiger partial charge in [-0.15, -0.1) is 0 Å². The number of carbonyl (C=O) groups is 1. The van der Waals surface area contributed by atoms with Crippen LogP contribution in [0.3, 0.4) is 0 Å². The fourth-order valence-corrected chi connectivity index (χ4v) is 2.23. The van der Waals surface area contributed by atoms with Crippen LogP contribution < -0.4 is 0 Å². The number of carbonyl (C=O) groups excluding carboxylic acids is 1. The van der Waals surface area contributed by atoms with E-state index >= 15 is 0 Å². The van der Waals surface area contributed by atoms with Crippen molar-refractivity contribution in [2.75, 3.05) is 0 Å². The van der Waals surface area contributed by atoms with Crippen LogP contribution in [0.25, 0.3) is 5.57 Å². The molecule has 0 spiro atoms. The van der Waals surface area contributed by atoms with E-state index in [0.717, 1.165) is 6.42 Å². The summed E-state index contributed by atoms with van der Waals surface area (Å²) in [6, 6.07) is 9.05. The van der Waals surface area contributed by atoms with Crippen molar-refractivity contribution in [3.63, 3.8) is 0 Å². The summed E-state index contributed by atoms with van der Waals surface area (Å²) in [6.45, 7) is 13.2. The van der Waals surface area contributed by atoms with E-state index in [1.54, 1.807) is 0 Å². The number of allylic oxidation sites excluding steroid dienone is 4. The lowest BCUT2D eigenvalue weighted by molar-refractivity contribution is -0.0979. The molecule has 2 rings (SSSR count). The molecule has 1 aliphatic rings. The summed E-state index contributed by atoms with van der Waals surface area (Å²) in [5.41, 5.74) is 7.41. The lowest BCUT2D eigenvalue weighted by Crippen LogP contribution is -2.10. The molecule has 19 heavy (non-hydrogen) atoms. The predicted molar refractivity (Wildman–Crippen MR) is 83.2 cm³/mol. The Kier molecular flexibility index (Phi) is 4.88. The van der Waals surface area contributed by atoms with Crippen LogP contribution in [0.2, 0.25) is 0 Å². The Morgan fingerprint density at radius 2 is 1.53 bits per heavy atom. The van der Waals surface area contributed by atoms with Gasteiger partial charge in [0.15, 0.2) is 0 Å². The monoisotopic (exact) mass is 256 g/mol. The third-order valence-electron chi connectivity index (χ3n) is 3.64. The zero-order chi connectivity index (χ0) is 14.6. The first-order chi connectivity index (χ1) is 8.88. The van der Waals surface area contributed by atoms with Crippen molar-refractivity contribution in [2.45, 2.75) is 46.5 Å². The van der Waals surface area contributed by atoms with E-state index in [4.69, 9.17) is 4.79 Å². The summed E-state index contributed by atoms with van der Waals surface area (Å²) >= 11 is 0. The Bertz CT molecular complexity index is 495. The van der Waals surface area contributed by atoms with Gasteiger partial charge in [0, 0.05) is 0 Å². The minimum atomic E-state index is 0.243. The maximum Gasteiger partial charge on any atom is 0.106 e. The van der Waals surface area contributed by atoms with Gasteiger partial charge in [-0.25, -0.2) is 0 Å². The maximum atomic E-state index is 8.00. The maximum absolute atomic E-state index is 8.00. The molecule has 0 amide bonds. The fraction of sp³-hybridized carbons (Fsp3) is 0.389. The topological polar surface area (TPSA) is 17.1 Å². The molecule has 0 heterocycles. The fourth-order valence-electron chi connectivity index (χ4n) is 2.23.